The highest BCUT2D eigenvalue weighted by atomic mass is 16.5. The Morgan fingerprint density at radius 2 is 1.96 bits per heavy atom. The fraction of sp³-hybridized carbons (Fsp3) is 0.696. The van der Waals surface area contributed by atoms with E-state index < -0.39 is 0 Å². The number of hydrogen-bond donors (Lipinski definition) is 1. The van der Waals surface area contributed by atoms with Gasteiger partial charge in [0.25, 0.3) is 0 Å². The van der Waals surface area contributed by atoms with Gasteiger partial charge in [-0.3, -0.25) is 4.99 Å². The number of hydrogen-bond acceptors (Lipinski definition) is 3. The molecule has 28 heavy (non-hydrogen) atoms. The molecule has 2 rings (SSSR count). The van der Waals surface area contributed by atoms with Crippen molar-refractivity contribution >= 4 is 5.96 Å². The van der Waals surface area contributed by atoms with Gasteiger partial charge in [-0.2, -0.15) is 0 Å². The van der Waals surface area contributed by atoms with Crippen molar-refractivity contribution in [1.82, 2.24) is 15.1 Å². The maximum Gasteiger partial charge on any atom is 0.193 e. The van der Waals surface area contributed by atoms with Crippen molar-refractivity contribution in [3.8, 4) is 0 Å². The van der Waals surface area contributed by atoms with E-state index in [-0.39, 0.29) is 0 Å². The van der Waals surface area contributed by atoms with Crippen LogP contribution in [-0.4, -0.2) is 68.2 Å². The molecular formula is C23H40N4O. The zero-order chi connectivity index (χ0) is 20.0. The van der Waals surface area contributed by atoms with Crippen LogP contribution < -0.4 is 5.32 Å². The van der Waals surface area contributed by atoms with Gasteiger partial charge in [0, 0.05) is 32.1 Å². The summed E-state index contributed by atoms with van der Waals surface area (Å²) in [6, 6.07) is 10.4. The Kier molecular flexibility index (Phi) is 11.0. The molecule has 5 nitrogen and oxygen atoms in total. The number of aliphatic imine (C=N–C) groups is 1. The minimum absolute atomic E-state index is 0.593. The van der Waals surface area contributed by atoms with E-state index in [4.69, 9.17) is 9.73 Å². The zero-order valence-electron chi connectivity index (χ0n) is 18.2. The van der Waals surface area contributed by atoms with Gasteiger partial charge >= 0.3 is 0 Å². The van der Waals surface area contributed by atoms with Crippen LogP contribution in [0.1, 0.15) is 45.6 Å². The van der Waals surface area contributed by atoms with Crippen molar-refractivity contribution in [3.63, 3.8) is 0 Å². The molecule has 1 unspecified atom stereocenters. The number of benzene rings is 1. The number of likely N-dealkylation sites (tertiary alicyclic amines) is 1. The summed E-state index contributed by atoms with van der Waals surface area (Å²) in [6.45, 7) is 15.6. The Morgan fingerprint density at radius 1 is 1.18 bits per heavy atom. The van der Waals surface area contributed by atoms with E-state index in [1.165, 1.54) is 24.9 Å². The lowest BCUT2D eigenvalue weighted by molar-refractivity contribution is 0.0907. The van der Waals surface area contributed by atoms with Gasteiger partial charge in [-0.05, 0) is 51.4 Å². The Bertz CT molecular complexity index is 545. The van der Waals surface area contributed by atoms with Crippen molar-refractivity contribution in [2.24, 2.45) is 10.9 Å². The van der Waals surface area contributed by atoms with Crippen molar-refractivity contribution in [2.45, 2.75) is 46.6 Å². The zero-order valence-corrected chi connectivity index (χ0v) is 18.2. The molecule has 1 saturated heterocycles. The topological polar surface area (TPSA) is 40.1 Å². The van der Waals surface area contributed by atoms with E-state index in [1.54, 1.807) is 0 Å². The quantitative estimate of drug-likeness (QED) is 0.337. The van der Waals surface area contributed by atoms with Gasteiger partial charge in [-0.15, -0.1) is 0 Å². The molecule has 1 heterocycles. The average Bonchev–Trinajstić information content (AvgIpc) is 3.19. The minimum atomic E-state index is 0.593. The Labute approximate surface area is 172 Å². The van der Waals surface area contributed by atoms with Crippen LogP contribution in [0.15, 0.2) is 35.3 Å². The standard InChI is InChI=1S/C23H40N4O/c1-4-24-23(25-15-10-11-16-26(5-2)6-3)27-17-14-22(18-27)20-28-19-21-12-8-7-9-13-21/h7-9,12-13,22H,4-6,10-11,14-20H2,1-3H3,(H,24,25). The molecule has 1 fully saturated rings. The third-order valence-electron chi connectivity index (χ3n) is 5.42. The Balaban J connectivity index is 1.69. The van der Waals surface area contributed by atoms with Crippen LogP contribution in [0.25, 0.3) is 0 Å². The summed E-state index contributed by atoms with van der Waals surface area (Å²) in [4.78, 5) is 9.77. The van der Waals surface area contributed by atoms with Crippen molar-refractivity contribution < 1.29 is 4.74 Å². The highest BCUT2D eigenvalue weighted by molar-refractivity contribution is 5.80. The van der Waals surface area contributed by atoms with Gasteiger partial charge in [-0.25, -0.2) is 0 Å². The molecule has 0 saturated carbocycles. The molecule has 0 aromatic heterocycles. The SMILES string of the molecule is CCNC(=NCCCCN(CC)CC)N1CCC(COCc2ccccc2)C1. The van der Waals surface area contributed by atoms with Gasteiger partial charge in [0.05, 0.1) is 13.2 Å². The number of guanidine groups is 1. The number of rotatable bonds is 12. The third-order valence-corrected chi connectivity index (χ3v) is 5.42. The van der Waals surface area contributed by atoms with Crippen LogP contribution in [-0.2, 0) is 11.3 Å². The Morgan fingerprint density at radius 3 is 2.68 bits per heavy atom. The average molecular weight is 389 g/mol. The molecule has 1 aromatic rings. The van der Waals surface area contributed by atoms with E-state index in [2.05, 4.69) is 60.2 Å². The van der Waals surface area contributed by atoms with Crippen LogP contribution in [0.2, 0.25) is 0 Å². The lowest BCUT2D eigenvalue weighted by Crippen LogP contribution is -2.40. The third kappa shape index (κ3) is 8.19. The summed E-state index contributed by atoms with van der Waals surface area (Å²) < 4.78 is 5.96. The Hall–Kier alpha value is -1.59. The molecule has 0 amide bonds. The molecule has 1 aliphatic heterocycles. The molecule has 0 aliphatic carbocycles. The van der Waals surface area contributed by atoms with E-state index in [1.807, 2.05) is 6.07 Å². The fourth-order valence-electron chi connectivity index (χ4n) is 3.68. The molecule has 0 spiro atoms. The summed E-state index contributed by atoms with van der Waals surface area (Å²) in [5.41, 5.74) is 1.25. The van der Waals surface area contributed by atoms with E-state index in [9.17, 15) is 0 Å². The highest BCUT2D eigenvalue weighted by Crippen LogP contribution is 2.17. The van der Waals surface area contributed by atoms with Crippen LogP contribution in [0.3, 0.4) is 0 Å². The maximum atomic E-state index is 5.96. The number of nitrogens with zero attached hydrogens (tertiary/aromatic N) is 3. The normalized spacial score (nSPS) is 17.5. The first-order valence-corrected chi connectivity index (χ1v) is 11.1. The summed E-state index contributed by atoms with van der Waals surface area (Å²) in [6.07, 6.45) is 3.56. The highest BCUT2D eigenvalue weighted by Gasteiger charge is 2.24. The van der Waals surface area contributed by atoms with Crippen LogP contribution in [0, 0.1) is 5.92 Å². The van der Waals surface area contributed by atoms with Crippen LogP contribution in [0.4, 0.5) is 0 Å². The van der Waals surface area contributed by atoms with Crippen LogP contribution >= 0.6 is 0 Å². The van der Waals surface area contributed by atoms with E-state index in [0.717, 1.165) is 58.3 Å². The first kappa shape index (κ1) is 22.7. The number of ether oxygens (including phenoxy) is 1. The number of unbranched alkanes of at least 4 members (excludes halogenated alkanes) is 1. The molecule has 158 valence electrons. The predicted octanol–water partition coefficient (Wildman–Crippen LogP) is 3.61. The molecule has 1 aromatic carbocycles. The summed E-state index contributed by atoms with van der Waals surface area (Å²) in [5.74, 6) is 1.67. The van der Waals surface area contributed by atoms with E-state index >= 15 is 0 Å². The fourth-order valence-corrected chi connectivity index (χ4v) is 3.68. The first-order chi connectivity index (χ1) is 13.8. The predicted molar refractivity (Wildman–Crippen MR) is 119 cm³/mol. The molecule has 0 radical (unpaired) electrons. The van der Waals surface area contributed by atoms with Gasteiger partial charge < -0.3 is 19.9 Å². The van der Waals surface area contributed by atoms with Crippen molar-refractivity contribution in [3.05, 3.63) is 35.9 Å². The second kappa shape index (κ2) is 13.6. The van der Waals surface area contributed by atoms with Gasteiger partial charge in [0.1, 0.15) is 0 Å². The van der Waals surface area contributed by atoms with Crippen LogP contribution in [0.5, 0.6) is 0 Å². The lowest BCUT2D eigenvalue weighted by atomic mass is 10.1. The molecule has 0 bridgehead atoms. The molecule has 1 aliphatic rings. The largest absolute Gasteiger partial charge is 0.376 e. The smallest absolute Gasteiger partial charge is 0.193 e. The number of nitrogens with one attached hydrogen (secondary N) is 1. The minimum Gasteiger partial charge on any atom is -0.376 e. The lowest BCUT2D eigenvalue weighted by Gasteiger charge is -2.22. The maximum absolute atomic E-state index is 5.96. The second-order valence-corrected chi connectivity index (χ2v) is 7.57. The van der Waals surface area contributed by atoms with Gasteiger partial charge in [-0.1, -0.05) is 44.2 Å². The second-order valence-electron chi connectivity index (χ2n) is 7.57. The summed E-state index contributed by atoms with van der Waals surface area (Å²) in [5, 5.41) is 3.47. The van der Waals surface area contributed by atoms with Crippen molar-refractivity contribution in [2.75, 3.05) is 52.4 Å². The van der Waals surface area contributed by atoms with Gasteiger partial charge in [0.2, 0.25) is 0 Å². The molecule has 5 heteroatoms. The first-order valence-electron chi connectivity index (χ1n) is 11.1. The summed E-state index contributed by atoms with van der Waals surface area (Å²) >= 11 is 0. The van der Waals surface area contributed by atoms with Crippen molar-refractivity contribution in [1.29, 1.82) is 0 Å². The van der Waals surface area contributed by atoms with E-state index in [0.29, 0.717) is 12.5 Å². The monoisotopic (exact) mass is 388 g/mol. The summed E-state index contributed by atoms with van der Waals surface area (Å²) in [7, 11) is 0. The van der Waals surface area contributed by atoms with Gasteiger partial charge in [0.15, 0.2) is 5.96 Å². The molecule has 1 atom stereocenters. The molecular weight excluding hydrogens is 348 g/mol. The molecule has 1 N–H and O–H groups in total.